The second-order valence-corrected chi connectivity index (χ2v) is 8.70. The van der Waals surface area contributed by atoms with E-state index >= 15 is 0 Å². The van der Waals surface area contributed by atoms with Gasteiger partial charge in [-0.3, -0.25) is 5.10 Å². The van der Waals surface area contributed by atoms with Crippen LogP contribution in [0.1, 0.15) is 58.4 Å². The third kappa shape index (κ3) is 4.45. The number of nitrogens with zero attached hydrogens (tertiary/aromatic N) is 5. The summed E-state index contributed by atoms with van der Waals surface area (Å²) >= 11 is 0. The molecule has 3 aromatic rings. The lowest BCUT2D eigenvalue weighted by atomic mass is 9.82. The van der Waals surface area contributed by atoms with Gasteiger partial charge in [0, 0.05) is 24.5 Å². The molecule has 31 heavy (non-hydrogen) atoms. The molecule has 4 rings (SSSR count). The van der Waals surface area contributed by atoms with Gasteiger partial charge in [-0.15, -0.1) is 0 Å². The summed E-state index contributed by atoms with van der Waals surface area (Å²) in [6, 6.07) is 3.95. The lowest BCUT2D eigenvalue weighted by molar-refractivity contribution is 0.0133. The van der Waals surface area contributed by atoms with Crippen molar-refractivity contribution in [3.63, 3.8) is 0 Å². The van der Waals surface area contributed by atoms with E-state index in [4.69, 9.17) is 9.72 Å². The van der Waals surface area contributed by atoms with E-state index < -0.39 is 5.60 Å². The summed E-state index contributed by atoms with van der Waals surface area (Å²) in [5.74, 6) is 2.20. The molecule has 1 saturated heterocycles. The molecule has 0 amide bonds. The smallest absolute Gasteiger partial charge is 0.167 e. The van der Waals surface area contributed by atoms with Gasteiger partial charge in [0.25, 0.3) is 0 Å². The molecule has 8 heteroatoms. The monoisotopic (exact) mass is 426 g/mol. The molecular formula is C23H34N6O2. The van der Waals surface area contributed by atoms with Crippen molar-refractivity contribution in [1.82, 2.24) is 25.0 Å². The first-order chi connectivity index (χ1) is 15.1. The standard InChI is InChI=1S/C23H34N6O2/c1-4-8-23(30,9-6-17(3)5-2)19-15-21(28-11-13-31-14-12-28)26-22-18(19)16-25-29(22)20-7-10-24-27-20/h7,10,15-17,30H,4-6,8-9,11-14H2,1-3H3,(H,24,27). The fraction of sp³-hybridized carbons (Fsp3) is 0.609. The van der Waals surface area contributed by atoms with Crippen molar-refractivity contribution in [3.8, 4) is 5.82 Å². The molecule has 0 bridgehead atoms. The van der Waals surface area contributed by atoms with E-state index in [9.17, 15) is 5.11 Å². The molecule has 0 aliphatic carbocycles. The largest absolute Gasteiger partial charge is 0.385 e. The van der Waals surface area contributed by atoms with Crippen LogP contribution < -0.4 is 4.90 Å². The Kier molecular flexibility index (Phi) is 6.57. The third-order valence-electron chi connectivity index (χ3n) is 6.49. The van der Waals surface area contributed by atoms with Crippen molar-refractivity contribution < 1.29 is 9.84 Å². The molecule has 0 saturated carbocycles. The summed E-state index contributed by atoms with van der Waals surface area (Å²) < 4.78 is 7.31. The number of pyridine rings is 1. The molecule has 0 aromatic carbocycles. The van der Waals surface area contributed by atoms with Gasteiger partial charge in [0.15, 0.2) is 11.5 Å². The normalized spacial score (nSPS) is 17.7. The number of hydrogen-bond donors (Lipinski definition) is 2. The predicted molar refractivity (Wildman–Crippen MR) is 122 cm³/mol. The maximum atomic E-state index is 12.0. The number of anilines is 1. The van der Waals surface area contributed by atoms with Gasteiger partial charge in [-0.05, 0) is 36.8 Å². The summed E-state index contributed by atoms with van der Waals surface area (Å²) in [6.07, 6.45) is 7.97. The van der Waals surface area contributed by atoms with Crippen LogP contribution in [0.2, 0.25) is 0 Å². The van der Waals surface area contributed by atoms with Crippen molar-refractivity contribution in [2.24, 2.45) is 5.92 Å². The van der Waals surface area contributed by atoms with Gasteiger partial charge in [0.05, 0.1) is 31.2 Å². The Hall–Kier alpha value is -2.45. The summed E-state index contributed by atoms with van der Waals surface area (Å²) in [7, 11) is 0. The van der Waals surface area contributed by atoms with Crippen molar-refractivity contribution in [2.75, 3.05) is 31.2 Å². The minimum atomic E-state index is -0.914. The second-order valence-electron chi connectivity index (χ2n) is 8.70. The Morgan fingerprint density at radius 2 is 2.06 bits per heavy atom. The van der Waals surface area contributed by atoms with Gasteiger partial charge in [-0.2, -0.15) is 14.9 Å². The maximum Gasteiger partial charge on any atom is 0.167 e. The van der Waals surface area contributed by atoms with E-state index in [0.29, 0.717) is 25.6 Å². The molecule has 8 nitrogen and oxygen atoms in total. The number of nitrogens with one attached hydrogen (secondary N) is 1. The zero-order chi connectivity index (χ0) is 21.8. The molecule has 0 radical (unpaired) electrons. The van der Waals surface area contributed by atoms with E-state index in [1.807, 2.05) is 12.3 Å². The molecule has 1 fully saturated rings. The lowest BCUT2D eigenvalue weighted by Crippen LogP contribution is -2.37. The average molecular weight is 427 g/mol. The Labute approximate surface area is 183 Å². The zero-order valence-corrected chi connectivity index (χ0v) is 18.8. The highest BCUT2D eigenvalue weighted by atomic mass is 16.5. The first kappa shape index (κ1) is 21.8. The van der Waals surface area contributed by atoms with Crippen molar-refractivity contribution >= 4 is 16.9 Å². The SMILES string of the molecule is CCCC(O)(CCC(C)CC)c1cc(N2CCOCC2)nc2c1cnn2-c1ccn[nH]1. The molecule has 2 unspecified atom stereocenters. The molecule has 1 aliphatic heterocycles. The van der Waals surface area contributed by atoms with E-state index in [-0.39, 0.29) is 0 Å². The maximum absolute atomic E-state index is 12.0. The average Bonchev–Trinajstić information content (AvgIpc) is 3.47. The van der Waals surface area contributed by atoms with Gasteiger partial charge >= 0.3 is 0 Å². The molecule has 2 N–H and O–H groups in total. The number of aliphatic hydroxyl groups is 1. The molecule has 4 heterocycles. The van der Waals surface area contributed by atoms with Crippen molar-refractivity contribution in [2.45, 2.75) is 58.5 Å². The predicted octanol–water partition coefficient (Wildman–Crippen LogP) is 3.79. The number of aromatic nitrogens is 5. The van der Waals surface area contributed by atoms with Crippen LogP contribution in [-0.2, 0) is 10.3 Å². The van der Waals surface area contributed by atoms with Gasteiger partial charge in [0.2, 0.25) is 0 Å². The fourth-order valence-corrected chi connectivity index (χ4v) is 4.37. The summed E-state index contributed by atoms with van der Waals surface area (Å²) in [6.45, 7) is 9.53. The number of morpholine rings is 1. The Morgan fingerprint density at radius 1 is 1.26 bits per heavy atom. The number of aromatic amines is 1. The van der Waals surface area contributed by atoms with Crippen LogP contribution in [0, 0.1) is 5.92 Å². The van der Waals surface area contributed by atoms with E-state index in [0.717, 1.165) is 67.0 Å². The molecular weight excluding hydrogens is 392 g/mol. The molecule has 1 aliphatic rings. The van der Waals surface area contributed by atoms with Crippen LogP contribution in [0.5, 0.6) is 0 Å². The summed E-state index contributed by atoms with van der Waals surface area (Å²) in [5, 5.41) is 24.5. The fourth-order valence-electron chi connectivity index (χ4n) is 4.37. The van der Waals surface area contributed by atoms with Crippen molar-refractivity contribution in [1.29, 1.82) is 0 Å². The molecule has 168 valence electrons. The molecule has 3 aromatic heterocycles. The topological polar surface area (TPSA) is 92.1 Å². The first-order valence-electron chi connectivity index (χ1n) is 11.5. The van der Waals surface area contributed by atoms with E-state index in [1.54, 1.807) is 10.9 Å². The highest BCUT2D eigenvalue weighted by molar-refractivity contribution is 5.83. The van der Waals surface area contributed by atoms with Gasteiger partial charge < -0.3 is 14.7 Å². The molecule has 2 atom stereocenters. The highest BCUT2D eigenvalue weighted by Crippen LogP contribution is 2.39. The Bertz CT molecular complexity index is 980. The van der Waals surface area contributed by atoms with Crippen LogP contribution >= 0.6 is 0 Å². The van der Waals surface area contributed by atoms with Crippen molar-refractivity contribution in [3.05, 3.63) is 30.1 Å². The first-order valence-corrected chi connectivity index (χ1v) is 11.5. The summed E-state index contributed by atoms with van der Waals surface area (Å²) in [5.41, 5.74) is 0.749. The minimum Gasteiger partial charge on any atom is -0.385 e. The number of rotatable bonds is 9. The minimum absolute atomic E-state index is 0.576. The van der Waals surface area contributed by atoms with Crippen LogP contribution in [-0.4, -0.2) is 56.4 Å². The lowest BCUT2D eigenvalue weighted by Gasteiger charge is -2.33. The van der Waals surface area contributed by atoms with Crippen LogP contribution in [0.4, 0.5) is 5.82 Å². The zero-order valence-electron chi connectivity index (χ0n) is 18.8. The quantitative estimate of drug-likeness (QED) is 0.541. The van der Waals surface area contributed by atoms with E-state index in [1.165, 1.54) is 0 Å². The number of ether oxygens (including phenoxy) is 1. The Balaban J connectivity index is 1.85. The van der Waals surface area contributed by atoms with Crippen LogP contribution in [0.15, 0.2) is 24.5 Å². The third-order valence-corrected chi connectivity index (χ3v) is 6.49. The van der Waals surface area contributed by atoms with Crippen LogP contribution in [0.25, 0.3) is 16.9 Å². The second kappa shape index (κ2) is 9.36. The van der Waals surface area contributed by atoms with Crippen LogP contribution in [0.3, 0.4) is 0 Å². The number of H-pyrrole nitrogens is 1. The van der Waals surface area contributed by atoms with Gasteiger partial charge in [0.1, 0.15) is 5.82 Å². The molecule has 0 spiro atoms. The number of hydrogen-bond acceptors (Lipinski definition) is 6. The summed E-state index contributed by atoms with van der Waals surface area (Å²) in [4.78, 5) is 7.21. The highest BCUT2D eigenvalue weighted by Gasteiger charge is 2.33. The van der Waals surface area contributed by atoms with Gasteiger partial charge in [-0.25, -0.2) is 4.98 Å². The Morgan fingerprint density at radius 3 is 2.74 bits per heavy atom. The van der Waals surface area contributed by atoms with Gasteiger partial charge in [-0.1, -0.05) is 33.6 Å². The number of fused-ring (bicyclic) bond motifs is 1. The van der Waals surface area contributed by atoms with E-state index in [2.05, 4.69) is 47.0 Å².